The van der Waals surface area contributed by atoms with E-state index in [2.05, 4.69) is 17.4 Å². The van der Waals surface area contributed by atoms with Crippen LogP contribution in [-0.4, -0.2) is 44.7 Å². The number of hydrogen-bond acceptors (Lipinski definition) is 3. The van der Waals surface area contributed by atoms with Gasteiger partial charge in [0.1, 0.15) is 0 Å². The molecule has 1 amide bonds. The molecule has 1 N–H and O–H groups in total. The van der Waals surface area contributed by atoms with E-state index >= 15 is 0 Å². The third-order valence-electron chi connectivity index (χ3n) is 2.34. The second-order valence-electron chi connectivity index (χ2n) is 4.00. The highest BCUT2D eigenvalue weighted by atomic mass is 16.5. The summed E-state index contributed by atoms with van der Waals surface area (Å²) in [5, 5.41) is 2.79. The van der Waals surface area contributed by atoms with E-state index < -0.39 is 0 Å². The quantitative estimate of drug-likeness (QED) is 0.715. The Morgan fingerprint density at radius 3 is 2.71 bits per heavy atom. The van der Waals surface area contributed by atoms with E-state index in [0.717, 1.165) is 6.54 Å². The Labute approximate surface area is 103 Å². The molecule has 1 aromatic rings. The van der Waals surface area contributed by atoms with E-state index in [4.69, 9.17) is 4.74 Å². The van der Waals surface area contributed by atoms with E-state index in [1.54, 1.807) is 7.11 Å². The molecular weight excluding hydrogens is 216 g/mol. The lowest BCUT2D eigenvalue weighted by molar-refractivity contribution is -0.122. The van der Waals surface area contributed by atoms with Crippen molar-refractivity contribution in [3.63, 3.8) is 0 Å². The van der Waals surface area contributed by atoms with Crippen LogP contribution in [0.3, 0.4) is 0 Å². The van der Waals surface area contributed by atoms with Crippen LogP contribution in [0.1, 0.15) is 5.56 Å². The van der Waals surface area contributed by atoms with Crippen LogP contribution < -0.4 is 5.32 Å². The maximum Gasteiger partial charge on any atom is 0.234 e. The average Bonchev–Trinajstić information content (AvgIpc) is 2.30. The van der Waals surface area contributed by atoms with Crippen LogP contribution in [0.5, 0.6) is 0 Å². The largest absolute Gasteiger partial charge is 0.383 e. The number of likely N-dealkylation sites (N-methyl/N-ethyl adjacent to an activating group) is 1. The molecular formula is C13H20N2O2. The molecule has 1 rings (SSSR count). The molecule has 0 bridgehead atoms. The number of nitrogens with zero attached hydrogens (tertiary/aromatic N) is 1. The van der Waals surface area contributed by atoms with Crippen molar-refractivity contribution in [2.75, 3.05) is 33.9 Å². The van der Waals surface area contributed by atoms with Crippen LogP contribution in [-0.2, 0) is 16.1 Å². The van der Waals surface area contributed by atoms with Gasteiger partial charge in [-0.15, -0.1) is 0 Å². The van der Waals surface area contributed by atoms with Crippen molar-refractivity contribution >= 4 is 5.91 Å². The molecule has 0 aromatic heterocycles. The Bertz CT molecular complexity index is 327. The van der Waals surface area contributed by atoms with Crippen LogP contribution in [0, 0.1) is 0 Å². The molecule has 0 saturated carbocycles. The van der Waals surface area contributed by atoms with Gasteiger partial charge in [0.15, 0.2) is 0 Å². The molecule has 94 valence electrons. The van der Waals surface area contributed by atoms with E-state index in [1.165, 1.54) is 5.56 Å². The number of rotatable bonds is 7. The highest BCUT2D eigenvalue weighted by Gasteiger charge is 2.05. The summed E-state index contributed by atoms with van der Waals surface area (Å²) in [7, 11) is 3.55. The lowest BCUT2D eigenvalue weighted by Crippen LogP contribution is -2.36. The van der Waals surface area contributed by atoms with Gasteiger partial charge in [-0.3, -0.25) is 9.69 Å². The Balaban J connectivity index is 2.25. The Kier molecular flexibility index (Phi) is 6.29. The lowest BCUT2D eigenvalue weighted by Gasteiger charge is -2.16. The fourth-order valence-electron chi connectivity index (χ4n) is 1.54. The maximum atomic E-state index is 11.5. The van der Waals surface area contributed by atoms with Crippen LogP contribution in [0.15, 0.2) is 30.3 Å². The molecule has 17 heavy (non-hydrogen) atoms. The molecule has 0 aliphatic rings. The van der Waals surface area contributed by atoms with Gasteiger partial charge in [-0.2, -0.15) is 0 Å². The third kappa shape index (κ3) is 6.04. The number of carbonyl (C=O) groups is 1. The first-order chi connectivity index (χ1) is 8.22. The van der Waals surface area contributed by atoms with Gasteiger partial charge in [-0.1, -0.05) is 30.3 Å². The minimum absolute atomic E-state index is 0.0282. The minimum Gasteiger partial charge on any atom is -0.383 e. The minimum atomic E-state index is 0.0282. The molecule has 0 saturated heterocycles. The van der Waals surface area contributed by atoms with Crippen LogP contribution in [0.25, 0.3) is 0 Å². The predicted octanol–water partition coefficient (Wildman–Crippen LogP) is 0.881. The SMILES string of the molecule is COCCNC(=O)CN(C)Cc1ccccc1. The lowest BCUT2D eigenvalue weighted by atomic mass is 10.2. The molecule has 0 fully saturated rings. The monoisotopic (exact) mass is 236 g/mol. The average molecular weight is 236 g/mol. The van der Waals surface area contributed by atoms with Gasteiger partial charge in [-0.05, 0) is 12.6 Å². The van der Waals surface area contributed by atoms with E-state index in [1.807, 2.05) is 30.1 Å². The highest BCUT2D eigenvalue weighted by Crippen LogP contribution is 2.01. The first kappa shape index (κ1) is 13.7. The van der Waals surface area contributed by atoms with Crippen LogP contribution in [0.2, 0.25) is 0 Å². The summed E-state index contributed by atoms with van der Waals surface area (Å²) in [6, 6.07) is 10.1. The molecule has 0 radical (unpaired) electrons. The van der Waals surface area contributed by atoms with Crippen molar-refractivity contribution in [1.82, 2.24) is 10.2 Å². The van der Waals surface area contributed by atoms with Gasteiger partial charge in [0.05, 0.1) is 13.2 Å². The molecule has 0 atom stereocenters. The van der Waals surface area contributed by atoms with Gasteiger partial charge >= 0.3 is 0 Å². The summed E-state index contributed by atoms with van der Waals surface area (Å²) in [6.45, 7) is 2.29. The highest BCUT2D eigenvalue weighted by molar-refractivity contribution is 5.77. The zero-order valence-electron chi connectivity index (χ0n) is 10.5. The fourth-order valence-corrected chi connectivity index (χ4v) is 1.54. The van der Waals surface area contributed by atoms with Gasteiger partial charge in [0.2, 0.25) is 5.91 Å². The van der Waals surface area contributed by atoms with E-state index in [0.29, 0.717) is 19.7 Å². The molecule has 4 heteroatoms. The van der Waals surface area contributed by atoms with Crippen molar-refractivity contribution in [1.29, 1.82) is 0 Å². The summed E-state index contributed by atoms with van der Waals surface area (Å²) in [5.74, 6) is 0.0282. The van der Waals surface area contributed by atoms with Crippen LogP contribution >= 0.6 is 0 Å². The predicted molar refractivity (Wildman–Crippen MR) is 67.7 cm³/mol. The molecule has 0 aliphatic carbocycles. The van der Waals surface area contributed by atoms with Crippen molar-refractivity contribution < 1.29 is 9.53 Å². The second kappa shape index (κ2) is 7.81. The molecule has 0 unspecified atom stereocenters. The summed E-state index contributed by atoms with van der Waals surface area (Å²) < 4.78 is 4.86. The van der Waals surface area contributed by atoms with Crippen molar-refractivity contribution in [3.05, 3.63) is 35.9 Å². The van der Waals surface area contributed by atoms with Crippen LogP contribution in [0.4, 0.5) is 0 Å². The Hall–Kier alpha value is -1.39. The molecule has 4 nitrogen and oxygen atoms in total. The normalized spacial score (nSPS) is 10.5. The van der Waals surface area contributed by atoms with Gasteiger partial charge < -0.3 is 10.1 Å². The standard InChI is InChI=1S/C13H20N2O2/c1-15(10-12-6-4-3-5-7-12)11-13(16)14-8-9-17-2/h3-7H,8-11H2,1-2H3,(H,14,16). The number of amides is 1. The first-order valence-corrected chi connectivity index (χ1v) is 5.70. The summed E-state index contributed by atoms with van der Waals surface area (Å²) >= 11 is 0. The smallest absolute Gasteiger partial charge is 0.234 e. The molecule has 1 aromatic carbocycles. The molecule has 0 spiro atoms. The van der Waals surface area contributed by atoms with E-state index in [9.17, 15) is 4.79 Å². The number of carbonyl (C=O) groups excluding carboxylic acids is 1. The second-order valence-corrected chi connectivity index (χ2v) is 4.00. The third-order valence-corrected chi connectivity index (χ3v) is 2.34. The Morgan fingerprint density at radius 1 is 1.35 bits per heavy atom. The number of benzene rings is 1. The number of ether oxygens (including phenoxy) is 1. The van der Waals surface area contributed by atoms with E-state index in [-0.39, 0.29) is 5.91 Å². The van der Waals surface area contributed by atoms with Crippen molar-refractivity contribution in [2.45, 2.75) is 6.54 Å². The van der Waals surface area contributed by atoms with Crippen molar-refractivity contribution in [2.24, 2.45) is 0 Å². The zero-order valence-corrected chi connectivity index (χ0v) is 10.5. The molecule has 0 heterocycles. The van der Waals surface area contributed by atoms with Gasteiger partial charge in [0.25, 0.3) is 0 Å². The number of methoxy groups -OCH3 is 1. The van der Waals surface area contributed by atoms with Gasteiger partial charge in [0, 0.05) is 20.2 Å². The Morgan fingerprint density at radius 2 is 2.06 bits per heavy atom. The first-order valence-electron chi connectivity index (χ1n) is 5.70. The summed E-state index contributed by atoms with van der Waals surface area (Å²) in [4.78, 5) is 13.5. The number of nitrogens with one attached hydrogen (secondary N) is 1. The summed E-state index contributed by atoms with van der Waals surface area (Å²) in [6.07, 6.45) is 0. The van der Waals surface area contributed by atoms with Gasteiger partial charge in [-0.25, -0.2) is 0 Å². The number of hydrogen-bond donors (Lipinski definition) is 1. The van der Waals surface area contributed by atoms with Crippen molar-refractivity contribution in [3.8, 4) is 0 Å². The fraction of sp³-hybridized carbons (Fsp3) is 0.462. The summed E-state index contributed by atoms with van der Waals surface area (Å²) in [5.41, 5.74) is 1.21. The molecule has 0 aliphatic heterocycles. The maximum absolute atomic E-state index is 11.5. The zero-order chi connectivity index (χ0) is 12.5. The topological polar surface area (TPSA) is 41.6 Å².